The summed E-state index contributed by atoms with van der Waals surface area (Å²) in [7, 11) is 0. The number of benzene rings is 1. The van der Waals surface area contributed by atoms with Crippen LogP contribution < -0.4 is 5.56 Å². The first-order chi connectivity index (χ1) is 10.5. The van der Waals surface area contributed by atoms with Crippen LogP contribution in [0.3, 0.4) is 0 Å². The number of aromatic nitrogens is 1. The number of hydrogen-bond donors (Lipinski definition) is 0. The van der Waals surface area contributed by atoms with Gasteiger partial charge in [-0.2, -0.15) is 0 Å². The van der Waals surface area contributed by atoms with E-state index < -0.39 is 0 Å². The Kier molecular flexibility index (Phi) is 5.31. The van der Waals surface area contributed by atoms with Crippen LogP contribution in [0.4, 0.5) is 0 Å². The summed E-state index contributed by atoms with van der Waals surface area (Å²) < 4.78 is 1.75. The molecule has 0 aliphatic rings. The average molecular weight is 297 g/mol. The molecule has 2 aromatic rings. The van der Waals surface area contributed by atoms with Crippen molar-refractivity contribution in [2.75, 3.05) is 0 Å². The maximum absolute atomic E-state index is 12.6. The molecule has 0 atom stereocenters. The minimum Gasteiger partial charge on any atom is -0.308 e. The number of ketones is 1. The Labute approximate surface area is 131 Å². The topological polar surface area (TPSA) is 39.1 Å². The highest BCUT2D eigenvalue weighted by molar-refractivity contribution is 5.94. The summed E-state index contributed by atoms with van der Waals surface area (Å²) in [5.74, 6) is -0.176. The zero-order valence-corrected chi connectivity index (χ0v) is 13.6. The van der Waals surface area contributed by atoms with E-state index in [1.807, 2.05) is 37.3 Å². The van der Waals surface area contributed by atoms with E-state index in [2.05, 4.69) is 6.92 Å². The molecular weight excluding hydrogens is 274 g/mol. The van der Waals surface area contributed by atoms with Gasteiger partial charge in [0.05, 0.1) is 11.3 Å². The maximum atomic E-state index is 12.6. The predicted molar refractivity (Wildman–Crippen MR) is 90.4 cm³/mol. The van der Waals surface area contributed by atoms with Crippen molar-refractivity contribution < 1.29 is 4.79 Å². The van der Waals surface area contributed by atoms with Crippen LogP contribution in [0.2, 0.25) is 0 Å². The van der Waals surface area contributed by atoms with Gasteiger partial charge in [0.1, 0.15) is 0 Å². The minimum absolute atomic E-state index is 0.176. The van der Waals surface area contributed by atoms with Crippen LogP contribution in [0.5, 0.6) is 0 Å². The fraction of sp³-hybridized carbons (Fsp3) is 0.368. The molecule has 1 aromatic carbocycles. The van der Waals surface area contributed by atoms with Gasteiger partial charge in [-0.25, -0.2) is 0 Å². The number of unbranched alkanes of at least 4 members (excludes halogenated alkanes) is 2. The van der Waals surface area contributed by atoms with E-state index in [4.69, 9.17) is 0 Å². The molecule has 2 rings (SSSR count). The molecule has 0 aliphatic heterocycles. The molecule has 0 fully saturated rings. The van der Waals surface area contributed by atoms with Gasteiger partial charge in [0, 0.05) is 6.54 Å². The molecule has 0 N–H and O–H groups in total. The van der Waals surface area contributed by atoms with E-state index in [9.17, 15) is 9.59 Å². The number of rotatable bonds is 6. The number of Topliss-reactive ketones (excluding diaryl/α,β-unsaturated/α-hetero) is 1. The predicted octanol–water partition coefficient (Wildman–Crippen LogP) is 4.22. The third kappa shape index (κ3) is 3.53. The first kappa shape index (κ1) is 16.2. The van der Waals surface area contributed by atoms with Crippen molar-refractivity contribution in [3.63, 3.8) is 0 Å². The molecule has 3 nitrogen and oxygen atoms in total. The van der Waals surface area contributed by atoms with Gasteiger partial charge in [0.25, 0.3) is 5.56 Å². The lowest BCUT2D eigenvalue weighted by molar-refractivity contribution is 0.101. The molecule has 0 amide bonds. The minimum atomic E-state index is -0.179. The summed E-state index contributed by atoms with van der Waals surface area (Å²) in [6.07, 6.45) is 3.11. The monoisotopic (exact) mass is 297 g/mol. The van der Waals surface area contributed by atoms with E-state index in [0.717, 1.165) is 30.5 Å². The molecular formula is C19H23NO2. The lowest BCUT2D eigenvalue weighted by atomic mass is 10.1. The molecule has 1 heterocycles. The average Bonchev–Trinajstić information content (AvgIpc) is 2.49. The molecule has 0 bridgehead atoms. The zero-order valence-electron chi connectivity index (χ0n) is 13.6. The standard InChI is InChI=1S/C19H23NO2/c1-4-5-6-13-20-18(16-9-7-14(2)8-10-16)12-11-17(15(3)21)19(20)22/h7-12H,4-6,13H2,1-3H3. The van der Waals surface area contributed by atoms with Gasteiger partial charge in [-0.15, -0.1) is 0 Å². The second kappa shape index (κ2) is 7.21. The molecule has 0 saturated heterocycles. The number of carbonyl (C=O) groups excluding carboxylic acids is 1. The van der Waals surface area contributed by atoms with Crippen LogP contribution in [-0.4, -0.2) is 10.4 Å². The van der Waals surface area contributed by atoms with E-state index in [1.165, 1.54) is 12.5 Å². The SMILES string of the molecule is CCCCCn1c(-c2ccc(C)cc2)ccc(C(C)=O)c1=O. The van der Waals surface area contributed by atoms with E-state index >= 15 is 0 Å². The van der Waals surface area contributed by atoms with Gasteiger partial charge in [-0.05, 0) is 38.0 Å². The number of carbonyl (C=O) groups is 1. The largest absolute Gasteiger partial charge is 0.308 e. The van der Waals surface area contributed by atoms with Crippen molar-refractivity contribution in [3.05, 3.63) is 57.9 Å². The second-order valence-electron chi connectivity index (χ2n) is 5.72. The Morgan fingerprint density at radius 2 is 1.73 bits per heavy atom. The fourth-order valence-electron chi connectivity index (χ4n) is 2.56. The van der Waals surface area contributed by atoms with Crippen LogP contribution in [0, 0.1) is 6.92 Å². The molecule has 1 aromatic heterocycles. The zero-order chi connectivity index (χ0) is 16.1. The molecule has 3 heteroatoms. The third-order valence-corrected chi connectivity index (χ3v) is 3.89. The summed E-state index contributed by atoms with van der Waals surface area (Å²) in [5.41, 5.74) is 3.17. The van der Waals surface area contributed by atoms with Gasteiger partial charge in [0.2, 0.25) is 0 Å². The van der Waals surface area contributed by atoms with Crippen LogP contribution in [-0.2, 0) is 6.54 Å². The Hall–Kier alpha value is -2.16. The quantitative estimate of drug-likeness (QED) is 0.591. The Morgan fingerprint density at radius 1 is 1.05 bits per heavy atom. The molecule has 0 radical (unpaired) electrons. The third-order valence-electron chi connectivity index (χ3n) is 3.89. The van der Waals surface area contributed by atoms with Crippen molar-refractivity contribution in [2.24, 2.45) is 0 Å². The van der Waals surface area contributed by atoms with Crippen LogP contribution in [0.15, 0.2) is 41.2 Å². The molecule has 22 heavy (non-hydrogen) atoms. The summed E-state index contributed by atoms with van der Waals surface area (Å²) >= 11 is 0. The van der Waals surface area contributed by atoms with Crippen LogP contribution >= 0.6 is 0 Å². The summed E-state index contributed by atoms with van der Waals surface area (Å²) in [4.78, 5) is 24.2. The highest BCUT2D eigenvalue weighted by Gasteiger charge is 2.13. The van der Waals surface area contributed by atoms with Crippen LogP contribution in [0.25, 0.3) is 11.3 Å². The lowest BCUT2D eigenvalue weighted by Crippen LogP contribution is -2.27. The van der Waals surface area contributed by atoms with Crippen molar-refractivity contribution in [1.82, 2.24) is 4.57 Å². The van der Waals surface area contributed by atoms with Gasteiger partial charge in [-0.1, -0.05) is 49.6 Å². The highest BCUT2D eigenvalue weighted by Crippen LogP contribution is 2.20. The lowest BCUT2D eigenvalue weighted by Gasteiger charge is -2.14. The van der Waals surface area contributed by atoms with Crippen molar-refractivity contribution in [2.45, 2.75) is 46.6 Å². The van der Waals surface area contributed by atoms with Crippen LogP contribution in [0.1, 0.15) is 49.0 Å². The Balaban J connectivity index is 2.52. The Bertz CT molecular complexity index is 711. The van der Waals surface area contributed by atoms with E-state index in [0.29, 0.717) is 6.54 Å². The van der Waals surface area contributed by atoms with Gasteiger partial charge < -0.3 is 4.57 Å². The van der Waals surface area contributed by atoms with E-state index in [1.54, 1.807) is 10.6 Å². The second-order valence-corrected chi connectivity index (χ2v) is 5.72. The number of nitrogens with zero attached hydrogens (tertiary/aromatic N) is 1. The molecule has 0 aliphatic carbocycles. The highest BCUT2D eigenvalue weighted by atomic mass is 16.1. The van der Waals surface area contributed by atoms with Crippen molar-refractivity contribution in [1.29, 1.82) is 0 Å². The molecule has 0 unspecified atom stereocenters. The summed E-state index contributed by atoms with van der Waals surface area (Å²) in [6.45, 7) is 6.27. The number of pyridine rings is 1. The van der Waals surface area contributed by atoms with Gasteiger partial charge in [0.15, 0.2) is 5.78 Å². The Morgan fingerprint density at radius 3 is 2.32 bits per heavy atom. The summed E-state index contributed by atoms with van der Waals surface area (Å²) in [5, 5.41) is 0. The first-order valence-corrected chi connectivity index (χ1v) is 7.86. The maximum Gasteiger partial charge on any atom is 0.261 e. The number of hydrogen-bond acceptors (Lipinski definition) is 2. The molecule has 116 valence electrons. The first-order valence-electron chi connectivity index (χ1n) is 7.86. The van der Waals surface area contributed by atoms with E-state index in [-0.39, 0.29) is 16.9 Å². The summed E-state index contributed by atoms with van der Waals surface area (Å²) in [6, 6.07) is 11.6. The normalized spacial score (nSPS) is 10.7. The molecule has 0 saturated carbocycles. The number of aryl methyl sites for hydroxylation is 1. The molecule has 0 spiro atoms. The fourth-order valence-corrected chi connectivity index (χ4v) is 2.56. The van der Waals surface area contributed by atoms with Crippen molar-refractivity contribution >= 4 is 5.78 Å². The van der Waals surface area contributed by atoms with Crippen molar-refractivity contribution in [3.8, 4) is 11.3 Å². The van der Waals surface area contributed by atoms with Gasteiger partial charge >= 0.3 is 0 Å². The van der Waals surface area contributed by atoms with Gasteiger partial charge in [-0.3, -0.25) is 9.59 Å². The smallest absolute Gasteiger partial charge is 0.261 e.